The molecule has 152 valence electrons. The number of benzene rings is 1. The van der Waals surface area contributed by atoms with Crippen molar-refractivity contribution in [2.75, 3.05) is 14.2 Å². The van der Waals surface area contributed by atoms with Gasteiger partial charge in [-0.1, -0.05) is 13.8 Å². The number of ether oxygens (including phenoxy) is 4. The van der Waals surface area contributed by atoms with E-state index in [-0.39, 0.29) is 11.2 Å². The zero-order valence-electron chi connectivity index (χ0n) is 17.0. The van der Waals surface area contributed by atoms with Gasteiger partial charge in [0, 0.05) is 30.2 Å². The Morgan fingerprint density at radius 1 is 1.10 bits per heavy atom. The molecule has 1 aromatic heterocycles. The SMILES string of the molecule is COc1cc2c(cc1OC)[C@@H]1O[C@](c3ccsc3)(C2)OC2=C1C(=O)CC(C)(C)C2. The van der Waals surface area contributed by atoms with Gasteiger partial charge in [-0.3, -0.25) is 4.79 Å². The summed E-state index contributed by atoms with van der Waals surface area (Å²) >= 11 is 1.61. The van der Waals surface area contributed by atoms with Crippen molar-refractivity contribution in [3.63, 3.8) is 0 Å². The predicted octanol–water partition coefficient (Wildman–Crippen LogP) is 4.91. The number of thiophene rings is 1. The largest absolute Gasteiger partial charge is 0.493 e. The summed E-state index contributed by atoms with van der Waals surface area (Å²) < 4.78 is 24.2. The van der Waals surface area contributed by atoms with Crippen LogP contribution in [0.4, 0.5) is 0 Å². The number of methoxy groups -OCH3 is 2. The number of carbonyl (C=O) groups is 1. The fourth-order valence-corrected chi connectivity index (χ4v) is 5.43. The second kappa shape index (κ2) is 6.34. The molecule has 0 unspecified atom stereocenters. The lowest BCUT2D eigenvalue weighted by atomic mass is 9.72. The molecule has 1 aromatic carbocycles. The van der Waals surface area contributed by atoms with E-state index in [9.17, 15) is 4.79 Å². The van der Waals surface area contributed by atoms with Crippen LogP contribution in [0, 0.1) is 5.41 Å². The summed E-state index contributed by atoms with van der Waals surface area (Å²) in [6, 6.07) is 5.96. The molecule has 2 bridgehead atoms. The van der Waals surface area contributed by atoms with Crippen LogP contribution in [-0.4, -0.2) is 20.0 Å². The smallest absolute Gasteiger partial charge is 0.242 e. The van der Waals surface area contributed by atoms with Crippen molar-refractivity contribution in [1.82, 2.24) is 0 Å². The molecule has 6 heteroatoms. The lowest BCUT2D eigenvalue weighted by Crippen LogP contribution is -2.47. The monoisotopic (exact) mass is 412 g/mol. The molecule has 5 nitrogen and oxygen atoms in total. The number of carbonyl (C=O) groups excluding carboxylic acids is 1. The van der Waals surface area contributed by atoms with E-state index < -0.39 is 11.9 Å². The summed E-state index contributed by atoms with van der Waals surface area (Å²) in [5.41, 5.74) is 3.52. The maximum Gasteiger partial charge on any atom is 0.242 e. The molecular weight excluding hydrogens is 388 g/mol. The van der Waals surface area contributed by atoms with Crippen molar-refractivity contribution >= 4 is 17.1 Å². The summed E-state index contributed by atoms with van der Waals surface area (Å²) in [6.45, 7) is 4.23. The van der Waals surface area contributed by atoms with E-state index in [4.69, 9.17) is 18.9 Å². The first-order valence-electron chi connectivity index (χ1n) is 9.76. The second-order valence-electron chi connectivity index (χ2n) is 8.73. The minimum atomic E-state index is -0.927. The van der Waals surface area contributed by atoms with Crippen molar-refractivity contribution in [3.05, 3.63) is 57.0 Å². The molecule has 2 atom stereocenters. The van der Waals surface area contributed by atoms with Gasteiger partial charge in [-0.05, 0) is 40.1 Å². The topological polar surface area (TPSA) is 54.0 Å². The Hall–Kier alpha value is -2.31. The van der Waals surface area contributed by atoms with Crippen LogP contribution in [0.2, 0.25) is 0 Å². The highest BCUT2D eigenvalue weighted by atomic mass is 32.1. The summed E-state index contributed by atoms with van der Waals surface area (Å²) in [6.07, 6.45) is 1.29. The van der Waals surface area contributed by atoms with Gasteiger partial charge in [0.2, 0.25) is 5.79 Å². The minimum Gasteiger partial charge on any atom is -0.493 e. The van der Waals surface area contributed by atoms with Gasteiger partial charge in [-0.15, -0.1) is 0 Å². The Labute approximate surface area is 174 Å². The van der Waals surface area contributed by atoms with E-state index in [0.29, 0.717) is 29.9 Å². The Morgan fingerprint density at radius 3 is 2.55 bits per heavy atom. The molecule has 2 aromatic rings. The fourth-order valence-electron chi connectivity index (χ4n) is 4.73. The number of hydrogen-bond donors (Lipinski definition) is 0. The summed E-state index contributed by atoms with van der Waals surface area (Å²) in [4.78, 5) is 13.2. The molecule has 0 N–H and O–H groups in total. The summed E-state index contributed by atoms with van der Waals surface area (Å²) in [5.74, 6) is 1.24. The first kappa shape index (κ1) is 18.7. The van der Waals surface area contributed by atoms with Crippen LogP contribution in [0.3, 0.4) is 0 Å². The quantitative estimate of drug-likeness (QED) is 0.717. The normalized spacial score (nSPS) is 27.0. The molecule has 5 rings (SSSR count). The van der Waals surface area contributed by atoms with Gasteiger partial charge < -0.3 is 18.9 Å². The average Bonchev–Trinajstić information content (AvgIpc) is 3.21. The van der Waals surface area contributed by atoms with Gasteiger partial charge in [0.25, 0.3) is 0 Å². The van der Waals surface area contributed by atoms with E-state index in [0.717, 1.165) is 28.9 Å². The minimum absolute atomic E-state index is 0.0998. The molecule has 0 spiro atoms. The first-order chi connectivity index (χ1) is 13.9. The molecule has 0 radical (unpaired) electrons. The second-order valence-corrected chi connectivity index (χ2v) is 9.51. The fraction of sp³-hybridized carbons (Fsp3) is 0.435. The van der Waals surface area contributed by atoms with E-state index in [1.807, 2.05) is 23.6 Å². The zero-order valence-corrected chi connectivity index (χ0v) is 17.9. The number of rotatable bonds is 3. The molecule has 2 aliphatic heterocycles. The third kappa shape index (κ3) is 2.81. The van der Waals surface area contributed by atoms with Gasteiger partial charge in [-0.25, -0.2) is 0 Å². The van der Waals surface area contributed by atoms with Crippen molar-refractivity contribution in [2.24, 2.45) is 5.41 Å². The molecule has 0 amide bonds. The molecule has 29 heavy (non-hydrogen) atoms. The lowest BCUT2D eigenvalue weighted by Gasteiger charge is -2.49. The van der Waals surface area contributed by atoms with Gasteiger partial charge in [0.15, 0.2) is 17.3 Å². The number of Topliss-reactive ketones (excluding diaryl/α,β-unsaturated/α-hetero) is 1. The Morgan fingerprint density at radius 2 is 1.86 bits per heavy atom. The Bertz CT molecular complexity index is 1020. The van der Waals surface area contributed by atoms with Crippen molar-refractivity contribution in [1.29, 1.82) is 0 Å². The molecule has 0 saturated carbocycles. The van der Waals surface area contributed by atoms with Crippen LogP contribution in [0.25, 0.3) is 0 Å². The highest BCUT2D eigenvalue weighted by Gasteiger charge is 2.53. The van der Waals surface area contributed by atoms with Crippen molar-refractivity contribution < 1.29 is 23.7 Å². The highest BCUT2D eigenvalue weighted by Crippen LogP contribution is 2.56. The van der Waals surface area contributed by atoms with E-state index in [2.05, 4.69) is 19.2 Å². The lowest BCUT2D eigenvalue weighted by molar-refractivity contribution is -0.272. The summed E-state index contributed by atoms with van der Waals surface area (Å²) in [7, 11) is 3.25. The Balaban J connectivity index is 1.74. The van der Waals surface area contributed by atoms with Gasteiger partial charge >= 0.3 is 0 Å². The van der Waals surface area contributed by atoms with E-state index in [1.54, 1.807) is 25.6 Å². The maximum absolute atomic E-state index is 13.2. The van der Waals surface area contributed by atoms with Crippen LogP contribution in [-0.2, 0) is 26.5 Å². The maximum atomic E-state index is 13.2. The molecule has 0 saturated heterocycles. The van der Waals surface area contributed by atoms with Gasteiger partial charge in [0.05, 0.1) is 19.8 Å². The molecule has 1 aliphatic carbocycles. The third-order valence-electron chi connectivity index (χ3n) is 6.05. The molecule has 0 fully saturated rings. The number of hydrogen-bond acceptors (Lipinski definition) is 6. The number of allylic oxidation sites excluding steroid dienone is 1. The Kier molecular flexibility index (Phi) is 4.09. The first-order valence-corrected chi connectivity index (χ1v) is 10.7. The standard InChI is InChI=1S/C23H24O5S/c1-22(2)10-16(24)20-19(11-22)27-23(14-5-6-29-12-14)9-13-7-17(25-3)18(26-4)8-15(13)21(20)28-23/h5-8,12,21H,9-11H2,1-4H3/t21-,23-/m0/s1. The molecule has 3 heterocycles. The third-order valence-corrected chi connectivity index (χ3v) is 6.73. The van der Waals surface area contributed by atoms with Crippen molar-refractivity contribution in [3.8, 4) is 11.5 Å². The number of fused-ring (bicyclic) bond motifs is 5. The van der Waals surface area contributed by atoms with Gasteiger partial charge in [-0.2, -0.15) is 11.3 Å². The van der Waals surface area contributed by atoms with Crippen molar-refractivity contribution in [2.45, 2.75) is 45.0 Å². The molecule has 3 aliphatic rings. The van der Waals surface area contributed by atoms with Crippen LogP contribution < -0.4 is 9.47 Å². The van der Waals surface area contributed by atoms with E-state index in [1.165, 1.54) is 0 Å². The van der Waals surface area contributed by atoms with Crippen LogP contribution >= 0.6 is 11.3 Å². The van der Waals surface area contributed by atoms with Crippen LogP contribution in [0.15, 0.2) is 40.3 Å². The van der Waals surface area contributed by atoms with Gasteiger partial charge in [0.1, 0.15) is 11.9 Å². The zero-order chi connectivity index (χ0) is 20.4. The highest BCUT2D eigenvalue weighted by molar-refractivity contribution is 7.08. The number of ketones is 1. The summed E-state index contributed by atoms with van der Waals surface area (Å²) in [5, 5.41) is 4.08. The molecular formula is C23H24O5S. The van der Waals surface area contributed by atoms with Crippen LogP contribution in [0.1, 0.15) is 49.5 Å². The van der Waals surface area contributed by atoms with Crippen LogP contribution in [0.5, 0.6) is 11.5 Å². The average molecular weight is 413 g/mol. The predicted molar refractivity (Wildman–Crippen MR) is 109 cm³/mol. The van der Waals surface area contributed by atoms with E-state index >= 15 is 0 Å².